The summed E-state index contributed by atoms with van der Waals surface area (Å²) >= 11 is 0. The predicted molar refractivity (Wildman–Crippen MR) is 80.9 cm³/mol. The largest absolute Gasteiger partial charge is 0.477 e. The average Bonchev–Trinajstić information content (AvgIpc) is 3.09. The van der Waals surface area contributed by atoms with Gasteiger partial charge in [0.2, 0.25) is 0 Å². The molecule has 0 aliphatic carbocycles. The highest BCUT2D eigenvalue weighted by molar-refractivity contribution is 5.86. The van der Waals surface area contributed by atoms with Gasteiger partial charge in [0.05, 0.1) is 12.3 Å². The number of carbonyl (C=O) groups is 1. The van der Waals surface area contributed by atoms with Crippen LogP contribution in [0.5, 0.6) is 0 Å². The normalized spacial score (nSPS) is 24.5. The van der Waals surface area contributed by atoms with Gasteiger partial charge in [0.1, 0.15) is 5.69 Å². The molecule has 7 heteroatoms. The molecule has 2 fully saturated rings. The molecule has 2 N–H and O–H groups in total. The predicted octanol–water partition coefficient (Wildman–Crippen LogP) is 0.795. The highest BCUT2D eigenvalue weighted by atomic mass is 16.5. The van der Waals surface area contributed by atoms with Crippen LogP contribution in [-0.4, -0.2) is 76.5 Å². The topological polar surface area (TPSA) is 81.7 Å². The summed E-state index contributed by atoms with van der Waals surface area (Å²) in [5.41, 5.74) is 0.940. The number of ether oxygens (including phenoxy) is 1. The van der Waals surface area contributed by atoms with Crippen molar-refractivity contribution in [2.45, 2.75) is 31.9 Å². The first-order chi connectivity index (χ1) is 10.7. The van der Waals surface area contributed by atoms with Gasteiger partial charge in [0.15, 0.2) is 0 Å². The number of carboxylic acids is 1. The molecule has 1 aromatic rings. The fraction of sp³-hybridized carbons (Fsp3) is 0.733. The van der Waals surface area contributed by atoms with Crippen LogP contribution in [-0.2, 0) is 11.3 Å². The number of nitrogens with one attached hydrogen (secondary N) is 1. The van der Waals surface area contributed by atoms with Crippen molar-refractivity contribution in [2.24, 2.45) is 0 Å². The van der Waals surface area contributed by atoms with E-state index in [0.717, 1.165) is 38.2 Å². The molecule has 22 heavy (non-hydrogen) atoms. The van der Waals surface area contributed by atoms with Gasteiger partial charge in [0, 0.05) is 38.3 Å². The molecule has 0 radical (unpaired) electrons. The summed E-state index contributed by atoms with van der Waals surface area (Å²) in [6, 6.07) is 0. The molecule has 2 aliphatic heterocycles. The molecule has 2 aliphatic rings. The van der Waals surface area contributed by atoms with Crippen LogP contribution in [0, 0.1) is 0 Å². The minimum atomic E-state index is -0.952. The summed E-state index contributed by atoms with van der Waals surface area (Å²) in [6.07, 6.45) is 5.38. The van der Waals surface area contributed by atoms with Gasteiger partial charge in [0.25, 0.3) is 0 Å². The molecule has 0 bridgehead atoms. The molecule has 1 atom stereocenters. The van der Waals surface area contributed by atoms with Crippen LogP contribution >= 0.6 is 0 Å². The molecule has 0 aromatic carbocycles. The number of likely N-dealkylation sites (tertiary alicyclic amines) is 1. The Morgan fingerprint density at radius 3 is 2.86 bits per heavy atom. The fourth-order valence-electron chi connectivity index (χ4n) is 3.33. The Hall–Kier alpha value is -1.44. The Morgan fingerprint density at radius 2 is 2.09 bits per heavy atom. The second-order valence-electron chi connectivity index (χ2n) is 6.16. The molecule has 122 valence electrons. The summed E-state index contributed by atoms with van der Waals surface area (Å²) in [7, 11) is 0. The number of aromatic carboxylic acids is 1. The van der Waals surface area contributed by atoms with E-state index in [0.29, 0.717) is 6.54 Å². The number of H-pyrrole nitrogens is 1. The van der Waals surface area contributed by atoms with Crippen molar-refractivity contribution in [3.63, 3.8) is 0 Å². The summed E-state index contributed by atoms with van der Waals surface area (Å²) < 4.78 is 5.97. The summed E-state index contributed by atoms with van der Waals surface area (Å²) in [5, 5.41) is 15.6. The van der Waals surface area contributed by atoms with Gasteiger partial charge in [-0.1, -0.05) is 0 Å². The Bertz CT molecular complexity index is 499. The van der Waals surface area contributed by atoms with Crippen molar-refractivity contribution in [3.05, 3.63) is 17.5 Å². The SMILES string of the molecule is O=C(O)c1[nH]ncc1CN1CCCO[C@@H](CN2CCCC2)C1. The Labute approximate surface area is 130 Å². The summed E-state index contributed by atoms with van der Waals surface area (Å²) in [6.45, 7) is 6.49. The van der Waals surface area contributed by atoms with E-state index in [9.17, 15) is 4.79 Å². The second kappa shape index (κ2) is 7.21. The van der Waals surface area contributed by atoms with Gasteiger partial charge in [-0.3, -0.25) is 10.00 Å². The minimum absolute atomic E-state index is 0.196. The highest BCUT2D eigenvalue weighted by Gasteiger charge is 2.24. The number of aromatic nitrogens is 2. The maximum Gasteiger partial charge on any atom is 0.354 e. The Kier molecular flexibility index (Phi) is 5.07. The number of hydrogen-bond donors (Lipinski definition) is 2. The van der Waals surface area contributed by atoms with E-state index in [1.165, 1.54) is 25.9 Å². The molecule has 3 rings (SSSR count). The van der Waals surface area contributed by atoms with Crippen LogP contribution in [0.4, 0.5) is 0 Å². The number of aromatic amines is 1. The lowest BCUT2D eigenvalue weighted by Gasteiger charge is -2.26. The maximum atomic E-state index is 11.2. The van der Waals surface area contributed by atoms with Gasteiger partial charge >= 0.3 is 5.97 Å². The van der Waals surface area contributed by atoms with E-state index in [-0.39, 0.29) is 11.8 Å². The van der Waals surface area contributed by atoms with Crippen LogP contribution in [0.25, 0.3) is 0 Å². The van der Waals surface area contributed by atoms with Crippen molar-refractivity contribution in [1.29, 1.82) is 0 Å². The summed E-state index contributed by atoms with van der Waals surface area (Å²) in [5.74, 6) is -0.952. The molecular weight excluding hydrogens is 284 g/mol. The van der Waals surface area contributed by atoms with Crippen molar-refractivity contribution in [1.82, 2.24) is 20.0 Å². The van der Waals surface area contributed by atoms with E-state index >= 15 is 0 Å². The van der Waals surface area contributed by atoms with E-state index in [2.05, 4.69) is 20.0 Å². The monoisotopic (exact) mass is 308 g/mol. The van der Waals surface area contributed by atoms with E-state index in [1.807, 2.05) is 0 Å². The second-order valence-corrected chi connectivity index (χ2v) is 6.16. The third-order valence-corrected chi connectivity index (χ3v) is 4.42. The average molecular weight is 308 g/mol. The van der Waals surface area contributed by atoms with Gasteiger partial charge in [-0.25, -0.2) is 4.79 Å². The molecular formula is C15H24N4O3. The molecule has 2 saturated heterocycles. The molecule has 3 heterocycles. The van der Waals surface area contributed by atoms with Gasteiger partial charge < -0.3 is 14.7 Å². The molecule has 0 spiro atoms. The van der Waals surface area contributed by atoms with E-state index < -0.39 is 5.97 Å². The minimum Gasteiger partial charge on any atom is -0.477 e. The van der Waals surface area contributed by atoms with Crippen LogP contribution in [0.1, 0.15) is 35.3 Å². The van der Waals surface area contributed by atoms with Gasteiger partial charge in [-0.15, -0.1) is 0 Å². The van der Waals surface area contributed by atoms with Crippen LogP contribution < -0.4 is 0 Å². The first-order valence-electron chi connectivity index (χ1n) is 8.04. The molecule has 1 aromatic heterocycles. The van der Waals surface area contributed by atoms with Crippen molar-refractivity contribution in [2.75, 3.05) is 39.3 Å². The number of hydrogen-bond acceptors (Lipinski definition) is 5. The quantitative estimate of drug-likeness (QED) is 0.837. The zero-order valence-corrected chi connectivity index (χ0v) is 12.8. The van der Waals surface area contributed by atoms with E-state index in [1.54, 1.807) is 6.20 Å². The summed E-state index contributed by atoms with van der Waals surface area (Å²) in [4.78, 5) is 15.9. The molecule has 0 amide bonds. The van der Waals surface area contributed by atoms with Crippen molar-refractivity contribution >= 4 is 5.97 Å². The molecule has 0 unspecified atom stereocenters. The number of rotatable bonds is 5. The number of carboxylic acid groups (broad SMARTS) is 1. The van der Waals surface area contributed by atoms with Crippen molar-refractivity contribution in [3.8, 4) is 0 Å². The first kappa shape index (κ1) is 15.5. The van der Waals surface area contributed by atoms with Crippen LogP contribution in [0.15, 0.2) is 6.20 Å². The Balaban J connectivity index is 1.59. The fourth-order valence-corrected chi connectivity index (χ4v) is 3.33. The highest BCUT2D eigenvalue weighted by Crippen LogP contribution is 2.15. The molecule has 0 saturated carbocycles. The third kappa shape index (κ3) is 3.85. The lowest BCUT2D eigenvalue weighted by molar-refractivity contribution is 0.0307. The molecule has 7 nitrogen and oxygen atoms in total. The lowest BCUT2D eigenvalue weighted by atomic mass is 10.2. The maximum absolute atomic E-state index is 11.2. The van der Waals surface area contributed by atoms with Gasteiger partial charge in [-0.2, -0.15) is 5.10 Å². The van der Waals surface area contributed by atoms with Crippen molar-refractivity contribution < 1.29 is 14.6 Å². The van der Waals surface area contributed by atoms with E-state index in [4.69, 9.17) is 9.84 Å². The third-order valence-electron chi connectivity index (χ3n) is 4.42. The smallest absolute Gasteiger partial charge is 0.354 e. The zero-order chi connectivity index (χ0) is 15.4. The Morgan fingerprint density at radius 1 is 1.32 bits per heavy atom. The number of nitrogens with zero attached hydrogens (tertiary/aromatic N) is 3. The zero-order valence-electron chi connectivity index (χ0n) is 12.8. The lowest BCUT2D eigenvalue weighted by Crippen LogP contribution is -2.39. The van der Waals surface area contributed by atoms with Crippen LogP contribution in [0.3, 0.4) is 0 Å². The van der Waals surface area contributed by atoms with Crippen LogP contribution in [0.2, 0.25) is 0 Å². The standard InChI is InChI=1S/C15H24N4O3/c20-15(21)14-12(8-16-17-14)9-19-6-3-7-22-13(11-19)10-18-4-1-2-5-18/h8,13H,1-7,9-11H2,(H,16,17)(H,20,21)/t13-/m0/s1. The van der Waals surface area contributed by atoms with Gasteiger partial charge in [-0.05, 0) is 32.4 Å². The first-order valence-corrected chi connectivity index (χ1v) is 8.04.